The lowest BCUT2D eigenvalue weighted by molar-refractivity contribution is 0.588. The van der Waals surface area contributed by atoms with Gasteiger partial charge in [0.25, 0.3) is 0 Å². The third kappa shape index (κ3) is 5.63. The van der Waals surface area contributed by atoms with Gasteiger partial charge in [-0.05, 0) is 64.9 Å². The number of hydrogen-bond acceptors (Lipinski definition) is 7. The van der Waals surface area contributed by atoms with Gasteiger partial charge in [-0.1, -0.05) is 60.9 Å². The Hall–Kier alpha value is -3.29. The molecule has 3 aromatic carbocycles. The summed E-state index contributed by atoms with van der Waals surface area (Å²) in [5, 5.41) is 20.5. The zero-order chi connectivity index (χ0) is 28.7. The SMILES string of the molecule is CC(C)(c1ccc(S(N)(=O)=O)c(Cl)c1)c1cnc(SCc2ccc(Cl)c(-c3nn[nH]n3)c2)n1-c1ccc(F)cc1. The highest BCUT2D eigenvalue weighted by atomic mass is 35.5. The largest absolute Gasteiger partial charge is 0.291 e. The number of benzene rings is 3. The Kier molecular flexibility index (Phi) is 7.73. The zero-order valence-electron chi connectivity index (χ0n) is 21.1. The average Bonchev–Trinajstić information content (AvgIpc) is 3.59. The molecule has 0 radical (unpaired) electrons. The lowest BCUT2D eigenvalue weighted by Gasteiger charge is -2.28. The Morgan fingerprint density at radius 3 is 2.45 bits per heavy atom. The molecular formula is C26H22Cl2FN7O2S2. The van der Waals surface area contributed by atoms with Crippen molar-refractivity contribution in [2.75, 3.05) is 0 Å². The van der Waals surface area contributed by atoms with E-state index in [1.807, 2.05) is 30.5 Å². The van der Waals surface area contributed by atoms with Crippen molar-refractivity contribution in [1.29, 1.82) is 0 Å². The number of nitrogens with one attached hydrogen (secondary N) is 1. The first-order chi connectivity index (χ1) is 18.9. The molecular weight excluding hydrogens is 596 g/mol. The molecule has 0 aliphatic rings. The second-order valence-electron chi connectivity index (χ2n) is 9.39. The van der Waals surface area contributed by atoms with Crippen LogP contribution in [0, 0.1) is 5.82 Å². The molecule has 40 heavy (non-hydrogen) atoms. The van der Waals surface area contributed by atoms with Crippen molar-refractivity contribution in [3.05, 3.63) is 99.5 Å². The summed E-state index contributed by atoms with van der Waals surface area (Å²) in [5.41, 5.74) is 3.15. The second-order valence-corrected chi connectivity index (χ2v) is 12.7. The van der Waals surface area contributed by atoms with Crippen LogP contribution in [0.25, 0.3) is 17.1 Å². The summed E-state index contributed by atoms with van der Waals surface area (Å²) in [6, 6.07) is 16.3. The molecule has 0 aliphatic carbocycles. The summed E-state index contributed by atoms with van der Waals surface area (Å²) in [4.78, 5) is 4.56. The number of aromatic amines is 1. The lowest BCUT2D eigenvalue weighted by atomic mass is 9.81. The molecule has 3 N–H and O–H groups in total. The van der Waals surface area contributed by atoms with Gasteiger partial charge in [0.1, 0.15) is 10.7 Å². The molecule has 0 spiro atoms. The number of halogens is 3. The number of nitrogens with two attached hydrogens (primary N) is 1. The summed E-state index contributed by atoms with van der Waals surface area (Å²) in [7, 11) is -3.98. The molecule has 2 aromatic heterocycles. The van der Waals surface area contributed by atoms with Crippen molar-refractivity contribution in [3.8, 4) is 17.1 Å². The van der Waals surface area contributed by atoms with Gasteiger partial charge in [-0.25, -0.2) is 22.9 Å². The quantitative estimate of drug-likeness (QED) is 0.211. The Morgan fingerprint density at radius 2 is 1.80 bits per heavy atom. The molecule has 5 rings (SSSR count). The second kappa shape index (κ2) is 10.9. The number of nitrogens with zero attached hydrogens (tertiary/aromatic N) is 5. The predicted octanol–water partition coefficient (Wildman–Crippen LogP) is 5.76. The minimum atomic E-state index is -3.98. The number of imidazole rings is 1. The smallest absolute Gasteiger partial charge is 0.239 e. The normalized spacial score (nSPS) is 12.2. The van der Waals surface area contributed by atoms with E-state index in [1.165, 1.54) is 30.0 Å². The maximum Gasteiger partial charge on any atom is 0.239 e. The number of sulfonamides is 1. The topological polar surface area (TPSA) is 132 Å². The van der Waals surface area contributed by atoms with E-state index < -0.39 is 15.4 Å². The van der Waals surface area contributed by atoms with E-state index in [9.17, 15) is 12.8 Å². The van der Waals surface area contributed by atoms with Gasteiger partial charge in [0.15, 0.2) is 5.16 Å². The molecule has 2 heterocycles. The Balaban J connectivity index is 1.54. The fourth-order valence-electron chi connectivity index (χ4n) is 4.24. The minimum Gasteiger partial charge on any atom is -0.291 e. The Morgan fingerprint density at radius 1 is 1.05 bits per heavy atom. The van der Waals surface area contributed by atoms with E-state index in [2.05, 4.69) is 20.6 Å². The van der Waals surface area contributed by atoms with Crippen molar-refractivity contribution in [3.63, 3.8) is 0 Å². The fraction of sp³-hybridized carbons (Fsp3) is 0.154. The van der Waals surface area contributed by atoms with Crippen LogP contribution in [-0.2, 0) is 21.2 Å². The van der Waals surface area contributed by atoms with E-state index in [0.29, 0.717) is 33.0 Å². The number of primary sulfonamides is 1. The van der Waals surface area contributed by atoms with Crippen LogP contribution in [0.2, 0.25) is 10.0 Å². The monoisotopic (exact) mass is 617 g/mol. The molecule has 0 fully saturated rings. The number of H-pyrrole nitrogens is 1. The predicted molar refractivity (Wildman–Crippen MR) is 153 cm³/mol. The molecule has 0 atom stereocenters. The van der Waals surface area contributed by atoms with E-state index >= 15 is 0 Å². The van der Waals surface area contributed by atoms with Gasteiger partial charge in [-0.2, -0.15) is 5.21 Å². The summed E-state index contributed by atoms with van der Waals surface area (Å²) in [6.45, 7) is 3.94. The van der Waals surface area contributed by atoms with Crippen LogP contribution in [0.1, 0.15) is 30.7 Å². The lowest BCUT2D eigenvalue weighted by Crippen LogP contribution is -2.23. The van der Waals surface area contributed by atoms with Crippen molar-refractivity contribution in [1.82, 2.24) is 30.2 Å². The van der Waals surface area contributed by atoms with E-state index in [-0.39, 0.29) is 15.7 Å². The van der Waals surface area contributed by atoms with Crippen LogP contribution in [0.3, 0.4) is 0 Å². The van der Waals surface area contributed by atoms with Gasteiger partial charge in [-0.15, -0.1) is 10.2 Å². The first kappa shape index (κ1) is 28.2. The molecule has 5 aromatic rings. The maximum atomic E-state index is 13.8. The molecule has 206 valence electrons. The minimum absolute atomic E-state index is 0.0238. The summed E-state index contributed by atoms with van der Waals surface area (Å²) < 4.78 is 39.5. The standard InChI is InChI=1S/C26H22Cl2FN7O2S2/c1-26(2,16-4-10-22(21(28)12-16)40(30,37)38)23-13-31-25(36(23)18-7-5-17(29)6-8-18)39-14-15-3-9-20(27)19(11-15)24-32-34-35-33-24/h3-13H,14H2,1-2H3,(H2,30,37,38)(H,32,33,34,35). The van der Waals surface area contributed by atoms with Crippen LogP contribution < -0.4 is 5.14 Å². The van der Waals surface area contributed by atoms with E-state index in [4.69, 9.17) is 33.3 Å². The van der Waals surface area contributed by atoms with Crippen molar-refractivity contribution in [2.45, 2.75) is 35.1 Å². The van der Waals surface area contributed by atoms with E-state index in [0.717, 1.165) is 16.8 Å². The van der Waals surface area contributed by atoms with Gasteiger partial charge in [0.05, 0.1) is 21.9 Å². The fourth-order valence-corrected chi connectivity index (χ4v) is 6.47. The van der Waals surface area contributed by atoms with Crippen molar-refractivity contribution in [2.24, 2.45) is 5.14 Å². The average molecular weight is 619 g/mol. The van der Waals surface area contributed by atoms with Gasteiger partial charge < -0.3 is 0 Å². The van der Waals surface area contributed by atoms with Gasteiger partial charge in [-0.3, -0.25) is 4.57 Å². The summed E-state index contributed by atoms with van der Waals surface area (Å²) >= 11 is 14.1. The Labute approximate surface area is 244 Å². The Bertz CT molecular complexity index is 1790. The molecule has 0 aliphatic heterocycles. The highest BCUT2D eigenvalue weighted by molar-refractivity contribution is 7.98. The first-order valence-electron chi connectivity index (χ1n) is 11.8. The molecule has 14 heteroatoms. The number of aromatic nitrogens is 6. The highest BCUT2D eigenvalue weighted by Gasteiger charge is 2.31. The van der Waals surface area contributed by atoms with Gasteiger partial charge in [0.2, 0.25) is 15.8 Å². The molecule has 0 amide bonds. The number of thioether (sulfide) groups is 1. The maximum absolute atomic E-state index is 13.8. The summed E-state index contributed by atoms with van der Waals surface area (Å²) in [6.07, 6.45) is 1.75. The third-order valence-corrected chi connectivity index (χ3v) is 9.15. The van der Waals surface area contributed by atoms with E-state index in [1.54, 1.807) is 36.5 Å². The van der Waals surface area contributed by atoms with Crippen LogP contribution >= 0.6 is 35.0 Å². The molecule has 0 saturated heterocycles. The highest BCUT2D eigenvalue weighted by Crippen LogP contribution is 2.38. The number of tetrazole rings is 1. The molecule has 0 saturated carbocycles. The van der Waals surface area contributed by atoms with Crippen molar-refractivity contribution >= 4 is 45.0 Å². The van der Waals surface area contributed by atoms with Gasteiger partial charge in [0, 0.05) is 22.4 Å². The van der Waals surface area contributed by atoms with Crippen LogP contribution in [0.5, 0.6) is 0 Å². The molecule has 0 unspecified atom stereocenters. The first-order valence-corrected chi connectivity index (χ1v) is 15.1. The molecule has 0 bridgehead atoms. The number of rotatable bonds is 8. The number of hydrogen-bond donors (Lipinski definition) is 2. The molecule has 9 nitrogen and oxygen atoms in total. The van der Waals surface area contributed by atoms with Crippen LogP contribution in [0.15, 0.2) is 76.9 Å². The van der Waals surface area contributed by atoms with Crippen LogP contribution in [-0.4, -0.2) is 38.6 Å². The van der Waals surface area contributed by atoms with Crippen molar-refractivity contribution < 1.29 is 12.8 Å². The van der Waals surface area contributed by atoms with Crippen LogP contribution in [0.4, 0.5) is 4.39 Å². The summed E-state index contributed by atoms with van der Waals surface area (Å²) in [5.74, 6) is 0.565. The van der Waals surface area contributed by atoms with Gasteiger partial charge >= 0.3 is 0 Å². The zero-order valence-corrected chi connectivity index (χ0v) is 24.3. The third-order valence-electron chi connectivity index (χ3n) is 6.40.